The molecule has 0 unspecified atom stereocenters. The van der Waals surface area contributed by atoms with Crippen LogP contribution in [0.15, 0.2) is 12.3 Å². The summed E-state index contributed by atoms with van der Waals surface area (Å²) in [7, 11) is 1.58. The summed E-state index contributed by atoms with van der Waals surface area (Å²) in [6.07, 6.45) is 0. The Hall–Kier alpha value is -0.970. The van der Waals surface area contributed by atoms with Crippen molar-refractivity contribution in [3.63, 3.8) is 0 Å². The summed E-state index contributed by atoms with van der Waals surface area (Å²) in [4.78, 5) is 22.8. The molecule has 0 bridgehead atoms. The molecular weight excluding hydrogens is 212 g/mol. The summed E-state index contributed by atoms with van der Waals surface area (Å²) in [5.74, 6) is 0.527. The molecule has 1 saturated heterocycles. The van der Waals surface area contributed by atoms with Crippen molar-refractivity contribution in [3.05, 3.63) is 12.3 Å². The molecule has 1 rings (SSSR count). The summed E-state index contributed by atoms with van der Waals surface area (Å²) in [6.45, 7) is 9.36. The number of nitrogens with zero attached hydrogens (tertiary/aromatic N) is 2. The van der Waals surface area contributed by atoms with Crippen LogP contribution in [0.5, 0.6) is 0 Å². The van der Waals surface area contributed by atoms with Crippen LogP contribution in [0.4, 0.5) is 0 Å². The van der Waals surface area contributed by atoms with Crippen LogP contribution in [0, 0.1) is 0 Å². The topological polar surface area (TPSA) is 40.6 Å². The van der Waals surface area contributed by atoms with Crippen LogP contribution in [-0.4, -0.2) is 40.4 Å². The molecule has 0 aliphatic carbocycles. The third-order valence-corrected chi connectivity index (χ3v) is 2.61. The van der Waals surface area contributed by atoms with E-state index in [-0.39, 0.29) is 11.8 Å². The number of allylic oxidation sites excluding steroid dienone is 1. The molecule has 0 spiro atoms. The van der Waals surface area contributed by atoms with E-state index in [1.807, 2.05) is 13.8 Å². The van der Waals surface area contributed by atoms with Gasteiger partial charge >= 0.3 is 0 Å². The van der Waals surface area contributed by atoms with Gasteiger partial charge in [0.05, 0.1) is 11.5 Å². The van der Waals surface area contributed by atoms with E-state index in [1.165, 1.54) is 21.8 Å². The van der Waals surface area contributed by atoms with Crippen LogP contribution in [0.25, 0.3) is 0 Å². The zero-order valence-electron chi connectivity index (χ0n) is 9.74. The Kier molecular flexibility index (Phi) is 6.08. The summed E-state index contributed by atoms with van der Waals surface area (Å²) < 4.78 is 0. The number of hydrogen-bond acceptors (Lipinski definition) is 3. The quantitative estimate of drug-likeness (QED) is 0.685. The first kappa shape index (κ1) is 14.0. The van der Waals surface area contributed by atoms with E-state index < -0.39 is 0 Å². The van der Waals surface area contributed by atoms with Crippen LogP contribution >= 0.6 is 11.8 Å². The largest absolute Gasteiger partial charge is 0.272 e. The van der Waals surface area contributed by atoms with E-state index in [2.05, 4.69) is 6.58 Å². The molecule has 1 aliphatic rings. The van der Waals surface area contributed by atoms with Crippen molar-refractivity contribution in [1.29, 1.82) is 0 Å². The lowest BCUT2D eigenvalue weighted by Gasteiger charge is -2.29. The molecule has 0 saturated carbocycles. The summed E-state index contributed by atoms with van der Waals surface area (Å²) in [6, 6.07) is 0. The van der Waals surface area contributed by atoms with Gasteiger partial charge in [-0.25, -0.2) is 10.0 Å². The zero-order valence-corrected chi connectivity index (χ0v) is 10.6. The van der Waals surface area contributed by atoms with Gasteiger partial charge in [-0.3, -0.25) is 9.59 Å². The molecule has 1 fully saturated rings. The number of rotatable bonds is 1. The highest BCUT2D eigenvalue weighted by molar-refractivity contribution is 8.00. The minimum Gasteiger partial charge on any atom is -0.272 e. The molecule has 15 heavy (non-hydrogen) atoms. The first-order valence-corrected chi connectivity index (χ1v) is 6.02. The Morgan fingerprint density at radius 2 is 1.73 bits per heavy atom. The van der Waals surface area contributed by atoms with Gasteiger partial charge in [0.25, 0.3) is 11.8 Å². The van der Waals surface area contributed by atoms with Crippen molar-refractivity contribution in [2.45, 2.75) is 20.8 Å². The van der Waals surface area contributed by atoms with Gasteiger partial charge in [-0.05, 0) is 6.92 Å². The molecule has 0 radical (unpaired) electrons. The van der Waals surface area contributed by atoms with Gasteiger partial charge in [-0.1, -0.05) is 20.4 Å². The Labute approximate surface area is 95.3 Å². The smallest absolute Gasteiger partial charge is 0.255 e. The Balaban J connectivity index is 0.000000921. The monoisotopic (exact) mass is 230 g/mol. The van der Waals surface area contributed by atoms with E-state index >= 15 is 0 Å². The van der Waals surface area contributed by atoms with Crippen molar-refractivity contribution in [1.82, 2.24) is 10.0 Å². The maximum Gasteiger partial charge on any atom is 0.255 e. The highest BCUT2D eigenvalue weighted by atomic mass is 32.2. The number of carbonyl (C=O) groups excluding carboxylic acids is 2. The lowest BCUT2D eigenvalue weighted by Crippen LogP contribution is -2.45. The fourth-order valence-electron chi connectivity index (χ4n) is 1.13. The first-order valence-electron chi connectivity index (χ1n) is 4.86. The number of hydrazine groups is 1. The van der Waals surface area contributed by atoms with Gasteiger partial charge in [0.15, 0.2) is 0 Å². The maximum atomic E-state index is 11.5. The lowest BCUT2D eigenvalue weighted by molar-refractivity contribution is -0.152. The Morgan fingerprint density at radius 3 is 2.20 bits per heavy atom. The summed E-state index contributed by atoms with van der Waals surface area (Å²) in [5, 5.41) is 2.65. The minimum atomic E-state index is -0.0918. The van der Waals surface area contributed by atoms with E-state index in [1.54, 1.807) is 14.0 Å². The predicted molar refractivity (Wildman–Crippen MR) is 63.1 cm³/mol. The van der Waals surface area contributed by atoms with Gasteiger partial charge in [0, 0.05) is 12.7 Å². The molecule has 4 nitrogen and oxygen atoms in total. The third kappa shape index (κ3) is 3.58. The van der Waals surface area contributed by atoms with Crippen molar-refractivity contribution >= 4 is 23.6 Å². The van der Waals surface area contributed by atoms with Crippen molar-refractivity contribution in [3.8, 4) is 0 Å². The van der Waals surface area contributed by atoms with Crippen LogP contribution in [0.1, 0.15) is 20.8 Å². The number of amides is 2. The second kappa shape index (κ2) is 6.50. The summed E-state index contributed by atoms with van der Waals surface area (Å²) in [5.41, 5.74) is 0.573. The van der Waals surface area contributed by atoms with Gasteiger partial charge in [0.2, 0.25) is 0 Å². The van der Waals surface area contributed by atoms with Gasteiger partial charge in [-0.2, -0.15) is 0 Å². The summed E-state index contributed by atoms with van der Waals surface area (Å²) >= 11 is 1.33. The highest BCUT2D eigenvalue weighted by Crippen LogP contribution is 2.15. The normalized spacial score (nSPS) is 16.8. The van der Waals surface area contributed by atoms with E-state index in [0.29, 0.717) is 17.2 Å². The van der Waals surface area contributed by atoms with Crippen LogP contribution in [0.3, 0.4) is 0 Å². The molecule has 1 heterocycles. The first-order chi connectivity index (χ1) is 7.04. The van der Waals surface area contributed by atoms with Crippen molar-refractivity contribution in [2.24, 2.45) is 0 Å². The average molecular weight is 230 g/mol. The van der Waals surface area contributed by atoms with Crippen molar-refractivity contribution < 1.29 is 9.59 Å². The number of hydrogen-bond donors (Lipinski definition) is 0. The number of carbonyl (C=O) groups is 2. The lowest BCUT2D eigenvalue weighted by atomic mass is 10.5. The van der Waals surface area contributed by atoms with Gasteiger partial charge < -0.3 is 0 Å². The van der Waals surface area contributed by atoms with Gasteiger partial charge in [0.1, 0.15) is 0 Å². The van der Waals surface area contributed by atoms with Crippen molar-refractivity contribution in [2.75, 3.05) is 18.6 Å². The molecule has 86 valence electrons. The van der Waals surface area contributed by atoms with Gasteiger partial charge in [-0.15, -0.1) is 11.8 Å². The zero-order chi connectivity index (χ0) is 12.0. The van der Waals surface area contributed by atoms with Crippen LogP contribution in [-0.2, 0) is 9.59 Å². The van der Waals surface area contributed by atoms with E-state index in [9.17, 15) is 9.59 Å². The molecule has 0 aromatic rings. The molecule has 1 aliphatic heterocycles. The minimum absolute atomic E-state index is 0.0705. The Morgan fingerprint density at radius 1 is 1.27 bits per heavy atom. The van der Waals surface area contributed by atoms with E-state index in [4.69, 9.17) is 0 Å². The molecule has 2 amide bonds. The van der Waals surface area contributed by atoms with Crippen LogP contribution < -0.4 is 0 Å². The molecule has 0 N–H and O–H groups in total. The van der Waals surface area contributed by atoms with Crippen LogP contribution in [0.2, 0.25) is 0 Å². The molecule has 5 heteroatoms. The standard InChI is InChI=1S/C8H12N2O2S.C2H6/c1-6(2)10-8(12)5-13-4-7(11)9(10)3;1-2/h1,4-5H2,2-3H3;1-2H3. The fourth-order valence-corrected chi connectivity index (χ4v) is 1.89. The maximum absolute atomic E-state index is 11.5. The molecule has 0 atom stereocenters. The fraction of sp³-hybridized carbons (Fsp3) is 0.600. The molecular formula is C10H18N2O2S. The Bertz CT molecular complexity index is 266. The highest BCUT2D eigenvalue weighted by Gasteiger charge is 2.26. The average Bonchev–Trinajstić information content (AvgIpc) is 2.31. The second-order valence-electron chi connectivity index (χ2n) is 2.85. The third-order valence-electron chi connectivity index (χ3n) is 1.71. The second-order valence-corrected chi connectivity index (χ2v) is 3.84. The molecule has 0 aromatic carbocycles. The molecule has 0 aromatic heterocycles. The SMILES string of the molecule is C=C(C)N1C(=O)CSCC(=O)N1C.CC. The number of thioether (sulfide) groups is 1. The van der Waals surface area contributed by atoms with E-state index in [0.717, 1.165) is 0 Å². The predicted octanol–water partition coefficient (Wildman–Crippen LogP) is 1.49.